The molecule has 0 unspecified atom stereocenters. The van der Waals surface area contributed by atoms with Gasteiger partial charge in [0.15, 0.2) is 0 Å². The Morgan fingerprint density at radius 3 is 0.855 bits per heavy atom. The van der Waals surface area contributed by atoms with Crippen molar-refractivity contribution in [2.24, 2.45) is 0 Å². The van der Waals surface area contributed by atoms with Crippen LogP contribution in [0.25, 0.3) is 176 Å². The molecule has 29 heteroatoms. The van der Waals surface area contributed by atoms with Crippen LogP contribution in [-0.2, 0) is 105 Å². The zero-order chi connectivity index (χ0) is 91.4. The summed E-state index contributed by atoms with van der Waals surface area (Å²) < 4.78 is 166. The van der Waals surface area contributed by atoms with E-state index in [-0.39, 0.29) is 115 Å². The molecule has 4 radical (unpaired) electrons. The predicted molar refractivity (Wildman–Crippen MR) is 495 cm³/mol. The van der Waals surface area contributed by atoms with Crippen molar-refractivity contribution in [1.29, 1.82) is 0 Å². The van der Waals surface area contributed by atoms with Crippen molar-refractivity contribution >= 4 is 130 Å². The summed E-state index contributed by atoms with van der Waals surface area (Å²) in [5, 5.41) is 51.4. The quantitative estimate of drug-likeness (QED) is 0.0601. The van der Waals surface area contributed by atoms with Gasteiger partial charge in [-0.1, -0.05) is 237 Å². The van der Waals surface area contributed by atoms with Gasteiger partial charge in [0.25, 0.3) is 0 Å². The van der Waals surface area contributed by atoms with E-state index in [0.29, 0.717) is 95.4 Å². The fraction of sp³-hybridized carbons (Fsp3) is 0.0459. The molecule has 0 aliphatic carbocycles. The number of furan rings is 4. The fourth-order valence-electron chi connectivity index (χ4n) is 15.9. The summed E-state index contributed by atoms with van der Waals surface area (Å²) in [4.78, 5) is 0. The number of nitrogens with zero attached hydrogens (tertiary/aromatic N) is 8. The van der Waals surface area contributed by atoms with Crippen molar-refractivity contribution in [3.63, 3.8) is 0 Å². The van der Waals surface area contributed by atoms with Crippen LogP contribution in [-0.4, -0.2) is 40.8 Å². The van der Waals surface area contributed by atoms with Crippen LogP contribution in [0, 0.1) is 24.3 Å². The van der Waals surface area contributed by atoms with Crippen LogP contribution in [0.1, 0.15) is 29.2 Å². The van der Waals surface area contributed by atoms with Crippen LogP contribution in [0.15, 0.2) is 357 Å². The molecule has 16 aromatic carbocycles. The largest absolute Gasteiger partial charge is 0.518 e. The monoisotopic (exact) mass is 2550 g/mol. The van der Waals surface area contributed by atoms with Crippen LogP contribution in [0.3, 0.4) is 0 Å². The van der Waals surface area contributed by atoms with Crippen molar-refractivity contribution in [2.75, 3.05) is 0 Å². The summed E-state index contributed by atoms with van der Waals surface area (Å²) >= 11 is 0. The molecule has 8 heterocycles. The molecule has 0 aliphatic rings. The molecule has 0 bridgehead atoms. The van der Waals surface area contributed by atoms with Gasteiger partial charge in [0, 0.05) is 124 Å². The minimum absolute atomic E-state index is 0. The molecule has 24 aromatic rings. The Morgan fingerprint density at radius 2 is 0.529 bits per heavy atom. The number of rotatable bonds is 13. The fourth-order valence-corrected chi connectivity index (χ4v) is 15.9. The number of hydrogen-bond acceptors (Lipinski definition) is 16. The van der Waals surface area contributed by atoms with Crippen LogP contribution >= 0.6 is 0 Å². The first kappa shape index (κ1) is 95.0. The number of aromatic nitrogens is 8. The Balaban J connectivity index is 0.000000126. The number of benzene rings is 16. The molecule has 688 valence electrons. The number of hydrogen-bond donors (Lipinski definition) is 0. The summed E-state index contributed by atoms with van der Waals surface area (Å²) in [6, 6.07) is 113. The van der Waals surface area contributed by atoms with E-state index < -0.39 is 35.2 Å². The Bertz CT molecular complexity index is 8550. The van der Waals surface area contributed by atoms with Crippen LogP contribution < -0.4 is 18.9 Å². The summed E-state index contributed by atoms with van der Waals surface area (Å²) in [7, 11) is 0. The van der Waals surface area contributed by atoms with Gasteiger partial charge < -0.3 is 36.6 Å². The van der Waals surface area contributed by atoms with Crippen molar-refractivity contribution in [2.45, 2.75) is 31.9 Å². The Labute approximate surface area is 831 Å². The second-order valence-electron chi connectivity index (χ2n) is 31.0. The molecule has 0 fully saturated rings. The second-order valence-corrected chi connectivity index (χ2v) is 31.0. The number of fused-ring (bicyclic) bond motifs is 12. The maximum Gasteiger partial charge on any atom is 0.419 e. The van der Waals surface area contributed by atoms with Gasteiger partial charge in [-0.3, -0.25) is 0 Å². The zero-order valence-corrected chi connectivity index (χ0v) is 80.7. The Kier molecular flexibility index (Phi) is 27.5. The van der Waals surface area contributed by atoms with E-state index in [1.807, 2.05) is 237 Å². The minimum Gasteiger partial charge on any atom is -0.518 e. The number of halogens is 9. The molecule has 138 heavy (non-hydrogen) atoms. The van der Waals surface area contributed by atoms with E-state index in [1.54, 1.807) is 0 Å². The number of aryl methyl sites for hydroxylation is 1. The third-order valence-electron chi connectivity index (χ3n) is 22.4. The van der Waals surface area contributed by atoms with Gasteiger partial charge in [-0.2, -0.15) is 59.9 Å². The maximum absolute atomic E-state index is 13.5. The van der Waals surface area contributed by atoms with E-state index in [4.69, 9.17) is 36.6 Å². The first-order valence-corrected chi connectivity index (χ1v) is 41.9. The molecule has 0 atom stereocenters. The predicted octanol–water partition coefficient (Wildman–Crippen LogP) is 30.8. The zero-order valence-electron chi connectivity index (χ0n) is 71.1. The van der Waals surface area contributed by atoms with E-state index in [1.165, 1.54) is 42.5 Å². The normalized spacial score (nSPS) is 11.5. The summed E-state index contributed by atoms with van der Waals surface area (Å²) in [6.07, 6.45) is -12.6. The molecule has 0 saturated carbocycles. The molecule has 16 nitrogen and oxygen atoms in total. The molecular weight excluding hydrogens is 2490 g/mol. The van der Waals surface area contributed by atoms with Crippen molar-refractivity contribution in [3.05, 3.63) is 386 Å². The average molecular weight is 2550 g/mol. The molecule has 0 aliphatic heterocycles. The second kappa shape index (κ2) is 39.9. The van der Waals surface area contributed by atoms with Gasteiger partial charge in [-0.25, -0.2) is 0 Å². The third-order valence-corrected chi connectivity index (χ3v) is 22.4. The summed E-state index contributed by atoms with van der Waals surface area (Å²) in [6.45, 7) is 2.11. The molecule has 8 aromatic heterocycles. The van der Waals surface area contributed by atoms with Crippen LogP contribution in [0.4, 0.5) is 39.5 Å². The molecule has 0 amide bonds. The van der Waals surface area contributed by atoms with E-state index in [9.17, 15) is 39.5 Å². The third kappa shape index (κ3) is 19.6. The van der Waals surface area contributed by atoms with Gasteiger partial charge in [0.1, 0.15) is 23.0 Å². The van der Waals surface area contributed by atoms with E-state index in [2.05, 4.69) is 102 Å². The van der Waals surface area contributed by atoms with Crippen LogP contribution in [0.5, 0.6) is 46.5 Å². The van der Waals surface area contributed by atoms with E-state index >= 15 is 0 Å². The van der Waals surface area contributed by atoms with Gasteiger partial charge in [0.2, 0.25) is 23.5 Å². The summed E-state index contributed by atoms with van der Waals surface area (Å²) in [5.41, 5.74) is 3.48. The topological polar surface area (TPSA) is 193 Å². The first-order valence-electron chi connectivity index (χ1n) is 41.9. The average Bonchev–Trinajstić information content (AvgIpc) is 1.28. The van der Waals surface area contributed by atoms with Gasteiger partial charge >= 0.3 is 18.5 Å². The maximum atomic E-state index is 13.5. The smallest absolute Gasteiger partial charge is 0.419 e. The number of alkyl halides is 9. The van der Waals surface area contributed by atoms with Crippen LogP contribution in [0.2, 0.25) is 0 Å². The van der Waals surface area contributed by atoms with E-state index in [0.717, 1.165) is 134 Å². The Hall–Kier alpha value is -14.8. The molecule has 0 saturated heterocycles. The SMILES string of the molecule is CCc1ccccc1Oc1nnc(-c2[c-]c3ccccc3o2)c2cc3ccccc3cc12.FC(F)(F)c1ccc(Oc2nnc(-c3[c-]c4ccccc4o3)c3cc4ccccc4cc23)cc1.FC(F)(F)c1cccc(Oc2nnc(-c3[c-]c4ccccc4o3)c3cc4ccccc4cc23)c1.FC(F)(F)c1ccccc1Oc1nnc(-c2[c-]c3ccccc3o2)c2cc3ccccc3cc12.[Ir].[Ir].[Ir].[Ir]. The standard InChI is InChI=1S/C28H19N2O2.3C27H14F3N2O2.4Ir/c1-2-18-9-5-7-13-24(18)32-28-23-16-20-11-4-3-10-19(20)15-22(23)27(29-30-28)26-17-21-12-6-8-14-25(21)31-26;28-27(29,30)21-10-4-6-12-23(21)34-26-20-14-17-8-2-1-7-16(17)13-19(20)25(31-32-26)24-15-18-9-3-5-11-22(18)33-24;28-27(29,30)19-9-5-10-20(15-19)33-26-22-13-17-7-2-1-6-16(17)12-21(22)25(31-32-26)24-14-18-8-3-4-11-23(18)34-24;28-27(29,30)19-9-11-20(12-10-19)33-26-22-14-17-6-2-1-5-16(17)13-21(22)25(31-32-26)24-15-18-7-3-4-8-23(18)34-24;;;;/h3-16H,2H2,1H3;1-14H;1-13,15H;1-14H;;;;/q4*-1;;;;. The number of para-hydroxylation sites is 6. The van der Waals surface area contributed by atoms with Gasteiger partial charge in [-0.05, 0) is 162 Å². The minimum atomic E-state index is -4.57. The van der Waals surface area contributed by atoms with Gasteiger partial charge in [-0.15, -0.1) is 90.5 Å². The molecular formula is C109H61F9Ir4N8O8-4. The molecule has 0 spiro atoms. The molecule has 24 rings (SSSR count). The van der Waals surface area contributed by atoms with Crippen molar-refractivity contribution in [1.82, 2.24) is 40.8 Å². The van der Waals surface area contributed by atoms with Gasteiger partial charge in [0.05, 0.1) is 62.5 Å². The van der Waals surface area contributed by atoms with Crippen molar-refractivity contribution in [3.8, 4) is 92.3 Å². The van der Waals surface area contributed by atoms with Crippen molar-refractivity contribution < 1.29 is 157 Å². The Morgan fingerprint density at radius 1 is 0.246 bits per heavy atom. The first-order chi connectivity index (χ1) is 65.2. The molecule has 0 N–H and O–H groups in total. The number of ether oxygens (including phenoxy) is 4. The summed E-state index contributed by atoms with van der Waals surface area (Å²) in [5.74, 6) is 3.22.